The van der Waals surface area contributed by atoms with E-state index >= 15 is 0 Å². The Kier molecular flexibility index (Phi) is 7.09. The second kappa shape index (κ2) is 9.95. The van der Waals surface area contributed by atoms with Gasteiger partial charge in [-0.3, -0.25) is 4.90 Å². The summed E-state index contributed by atoms with van der Waals surface area (Å²) in [5.74, 6) is 0.476. The monoisotopic (exact) mass is 381 g/mol. The fourth-order valence-corrected chi connectivity index (χ4v) is 3.38. The molecule has 0 amide bonds. The maximum absolute atomic E-state index is 11.8. The Morgan fingerprint density at radius 2 is 1.82 bits per heavy atom. The van der Waals surface area contributed by atoms with Gasteiger partial charge >= 0.3 is 5.97 Å². The van der Waals surface area contributed by atoms with Crippen LogP contribution in [0.1, 0.15) is 30.4 Å². The normalized spacial score (nSPS) is 15.2. The van der Waals surface area contributed by atoms with Crippen LogP contribution in [0.25, 0.3) is 11.6 Å². The minimum absolute atomic E-state index is 0.230. The van der Waals surface area contributed by atoms with Crippen LogP contribution < -0.4 is 9.47 Å². The number of piperidine rings is 1. The lowest BCUT2D eigenvalue weighted by molar-refractivity contribution is -0.130. The summed E-state index contributed by atoms with van der Waals surface area (Å²) in [5, 5.41) is 9.63. The molecule has 3 rings (SSSR count). The molecule has 148 valence electrons. The van der Waals surface area contributed by atoms with Crippen molar-refractivity contribution in [3.05, 3.63) is 59.7 Å². The number of hydrogen-bond donors (Lipinski definition) is 1. The van der Waals surface area contributed by atoms with Gasteiger partial charge in [-0.1, -0.05) is 30.7 Å². The second-order valence-electron chi connectivity index (χ2n) is 6.91. The Labute approximate surface area is 166 Å². The minimum Gasteiger partial charge on any atom is -0.497 e. The number of carbonyl (C=O) groups is 1. The predicted octanol–water partition coefficient (Wildman–Crippen LogP) is 4.19. The van der Waals surface area contributed by atoms with Crippen molar-refractivity contribution in [1.29, 1.82) is 0 Å². The Morgan fingerprint density at radius 3 is 2.50 bits per heavy atom. The molecule has 0 saturated carbocycles. The molecule has 0 atom stereocenters. The SMILES string of the molecule is COc1ccc(/C(=C/c2cccc(OCCN3CCCCC3)c2)C(=O)O)cc1. The van der Waals surface area contributed by atoms with E-state index in [0.29, 0.717) is 17.9 Å². The molecule has 0 spiro atoms. The summed E-state index contributed by atoms with van der Waals surface area (Å²) in [6, 6.07) is 14.6. The number of ether oxygens (including phenoxy) is 2. The summed E-state index contributed by atoms with van der Waals surface area (Å²) in [5.41, 5.74) is 1.65. The topological polar surface area (TPSA) is 59.0 Å². The summed E-state index contributed by atoms with van der Waals surface area (Å²) in [6.45, 7) is 3.86. The zero-order valence-corrected chi connectivity index (χ0v) is 16.3. The molecule has 2 aromatic rings. The molecule has 0 unspecified atom stereocenters. The van der Waals surface area contributed by atoms with Gasteiger partial charge in [-0.05, 0) is 67.4 Å². The first-order valence-corrected chi connectivity index (χ1v) is 9.70. The number of likely N-dealkylation sites (tertiary alicyclic amines) is 1. The first kappa shape index (κ1) is 20.0. The number of aliphatic carboxylic acids is 1. The molecule has 1 aliphatic heterocycles. The van der Waals surface area contributed by atoms with E-state index in [-0.39, 0.29) is 5.57 Å². The van der Waals surface area contributed by atoms with Gasteiger partial charge in [0.25, 0.3) is 0 Å². The third-order valence-corrected chi connectivity index (χ3v) is 4.93. The highest BCUT2D eigenvalue weighted by molar-refractivity contribution is 6.20. The molecule has 0 radical (unpaired) electrons. The van der Waals surface area contributed by atoms with Crippen LogP contribution in [0.3, 0.4) is 0 Å². The molecule has 1 N–H and O–H groups in total. The summed E-state index contributed by atoms with van der Waals surface area (Å²) in [6.07, 6.45) is 5.53. The molecular formula is C23H27NO4. The Balaban J connectivity index is 1.68. The van der Waals surface area contributed by atoms with Crippen molar-refractivity contribution in [2.45, 2.75) is 19.3 Å². The number of carboxylic acid groups (broad SMARTS) is 1. The minimum atomic E-state index is -0.971. The van der Waals surface area contributed by atoms with Gasteiger partial charge in [0.1, 0.15) is 18.1 Å². The average Bonchev–Trinajstić information content (AvgIpc) is 2.73. The van der Waals surface area contributed by atoms with Crippen molar-refractivity contribution in [2.24, 2.45) is 0 Å². The number of nitrogens with zero attached hydrogens (tertiary/aromatic N) is 1. The molecule has 1 saturated heterocycles. The van der Waals surface area contributed by atoms with Crippen LogP contribution in [0, 0.1) is 0 Å². The molecule has 2 aromatic carbocycles. The van der Waals surface area contributed by atoms with Gasteiger partial charge in [0.15, 0.2) is 0 Å². The summed E-state index contributed by atoms with van der Waals surface area (Å²) < 4.78 is 11.0. The van der Waals surface area contributed by atoms with Crippen LogP contribution in [0.4, 0.5) is 0 Å². The fourth-order valence-electron chi connectivity index (χ4n) is 3.38. The summed E-state index contributed by atoms with van der Waals surface area (Å²) >= 11 is 0. The number of hydrogen-bond acceptors (Lipinski definition) is 4. The number of carboxylic acids is 1. The van der Waals surface area contributed by atoms with Crippen molar-refractivity contribution in [2.75, 3.05) is 33.4 Å². The van der Waals surface area contributed by atoms with Crippen molar-refractivity contribution in [3.8, 4) is 11.5 Å². The Morgan fingerprint density at radius 1 is 1.07 bits per heavy atom. The third kappa shape index (κ3) is 5.60. The first-order chi connectivity index (χ1) is 13.7. The smallest absolute Gasteiger partial charge is 0.336 e. The van der Waals surface area contributed by atoms with Crippen LogP contribution in [0.15, 0.2) is 48.5 Å². The van der Waals surface area contributed by atoms with E-state index in [1.165, 1.54) is 19.3 Å². The van der Waals surface area contributed by atoms with Crippen molar-refractivity contribution < 1.29 is 19.4 Å². The van der Waals surface area contributed by atoms with Gasteiger partial charge in [0.2, 0.25) is 0 Å². The fraction of sp³-hybridized carbons (Fsp3) is 0.348. The van der Waals surface area contributed by atoms with Gasteiger partial charge in [0.05, 0.1) is 12.7 Å². The molecule has 1 fully saturated rings. The maximum Gasteiger partial charge on any atom is 0.336 e. The van der Waals surface area contributed by atoms with E-state index in [0.717, 1.165) is 30.9 Å². The highest BCUT2D eigenvalue weighted by Gasteiger charge is 2.12. The third-order valence-electron chi connectivity index (χ3n) is 4.93. The number of rotatable bonds is 8. The van der Waals surface area contributed by atoms with Crippen LogP contribution in [0.5, 0.6) is 11.5 Å². The molecule has 0 aromatic heterocycles. The van der Waals surface area contributed by atoms with Crippen molar-refractivity contribution in [1.82, 2.24) is 4.90 Å². The molecule has 1 heterocycles. The Bertz CT molecular complexity index is 808. The highest BCUT2D eigenvalue weighted by Crippen LogP contribution is 2.23. The van der Waals surface area contributed by atoms with Gasteiger partial charge < -0.3 is 14.6 Å². The number of benzene rings is 2. The maximum atomic E-state index is 11.8. The van der Waals surface area contributed by atoms with E-state index < -0.39 is 5.97 Å². The zero-order valence-electron chi connectivity index (χ0n) is 16.3. The van der Waals surface area contributed by atoms with Crippen molar-refractivity contribution in [3.63, 3.8) is 0 Å². The van der Waals surface area contributed by atoms with E-state index in [9.17, 15) is 9.90 Å². The van der Waals surface area contributed by atoms with E-state index in [2.05, 4.69) is 4.90 Å². The van der Waals surface area contributed by atoms with E-state index in [1.54, 1.807) is 37.5 Å². The average molecular weight is 381 g/mol. The molecule has 5 heteroatoms. The lowest BCUT2D eigenvalue weighted by atomic mass is 10.0. The highest BCUT2D eigenvalue weighted by atomic mass is 16.5. The molecule has 0 aliphatic carbocycles. The zero-order chi connectivity index (χ0) is 19.8. The molecule has 5 nitrogen and oxygen atoms in total. The standard InChI is InChI=1S/C23H27NO4/c1-27-20-10-8-19(9-11-20)22(23(25)26)17-18-6-5-7-21(16-18)28-15-14-24-12-3-2-4-13-24/h5-11,16-17H,2-4,12-15H2,1H3,(H,25,26)/b22-17-. The van der Waals surface area contributed by atoms with Gasteiger partial charge in [-0.2, -0.15) is 0 Å². The predicted molar refractivity (Wildman–Crippen MR) is 111 cm³/mol. The largest absolute Gasteiger partial charge is 0.497 e. The molecule has 0 bridgehead atoms. The van der Waals surface area contributed by atoms with Gasteiger partial charge in [-0.25, -0.2) is 4.79 Å². The van der Waals surface area contributed by atoms with E-state index in [4.69, 9.17) is 9.47 Å². The van der Waals surface area contributed by atoms with E-state index in [1.807, 2.05) is 24.3 Å². The van der Waals surface area contributed by atoms with Gasteiger partial charge in [0, 0.05) is 6.54 Å². The summed E-state index contributed by atoms with van der Waals surface area (Å²) in [4.78, 5) is 14.2. The Hall–Kier alpha value is -2.79. The quantitative estimate of drug-likeness (QED) is 0.549. The van der Waals surface area contributed by atoms with Crippen molar-refractivity contribution >= 4 is 17.6 Å². The van der Waals surface area contributed by atoms with Crippen LogP contribution in [0.2, 0.25) is 0 Å². The molecule has 28 heavy (non-hydrogen) atoms. The second-order valence-corrected chi connectivity index (χ2v) is 6.91. The number of methoxy groups -OCH3 is 1. The van der Waals surface area contributed by atoms with Crippen LogP contribution >= 0.6 is 0 Å². The lowest BCUT2D eigenvalue weighted by Gasteiger charge is -2.26. The van der Waals surface area contributed by atoms with Crippen LogP contribution in [-0.2, 0) is 4.79 Å². The van der Waals surface area contributed by atoms with Gasteiger partial charge in [-0.15, -0.1) is 0 Å². The lowest BCUT2D eigenvalue weighted by Crippen LogP contribution is -2.33. The molecular weight excluding hydrogens is 354 g/mol. The first-order valence-electron chi connectivity index (χ1n) is 9.70. The van der Waals surface area contributed by atoms with Crippen LogP contribution in [-0.4, -0.2) is 49.3 Å². The summed E-state index contributed by atoms with van der Waals surface area (Å²) in [7, 11) is 1.58. The molecule has 1 aliphatic rings.